The van der Waals surface area contributed by atoms with Crippen LogP contribution in [0.25, 0.3) is 0 Å². The fourth-order valence-corrected chi connectivity index (χ4v) is 5.14. The Labute approximate surface area is 144 Å². The normalized spacial score (nSPS) is 13.3. The Kier molecular flexibility index (Phi) is 5.15. The predicted molar refractivity (Wildman–Crippen MR) is 90.8 cm³/mol. The first kappa shape index (κ1) is 17.9. The molecule has 1 heterocycles. The van der Waals surface area contributed by atoms with E-state index in [1.165, 1.54) is 17.4 Å². The maximum Gasteiger partial charge on any atom is 0.346 e. The zero-order valence-electron chi connectivity index (χ0n) is 12.8. The molecule has 0 aliphatic rings. The summed E-state index contributed by atoms with van der Waals surface area (Å²) in [5.74, 6) is -1.12. The van der Waals surface area contributed by atoms with Gasteiger partial charge in [-0.15, -0.1) is 11.3 Å². The van der Waals surface area contributed by atoms with Crippen molar-refractivity contribution in [1.82, 2.24) is 4.31 Å². The first-order chi connectivity index (χ1) is 10.6. The molecule has 0 amide bonds. The minimum atomic E-state index is -3.78. The second kappa shape index (κ2) is 6.60. The van der Waals surface area contributed by atoms with Crippen molar-refractivity contribution in [2.24, 2.45) is 0 Å². The third-order valence-electron chi connectivity index (χ3n) is 3.62. The van der Waals surface area contributed by atoms with Crippen LogP contribution in [0.1, 0.15) is 33.8 Å². The van der Waals surface area contributed by atoms with Crippen LogP contribution < -0.4 is 0 Å². The molecule has 23 heavy (non-hydrogen) atoms. The zero-order valence-corrected chi connectivity index (χ0v) is 15.2. The van der Waals surface area contributed by atoms with Crippen LogP contribution >= 0.6 is 22.9 Å². The van der Waals surface area contributed by atoms with Gasteiger partial charge in [-0.25, -0.2) is 13.2 Å². The van der Waals surface area contributed by atoms with Crippen LogP contribution in [0, 0.1) is 6.92 Å². The number of carboxylic acids is 1. The van der Waals surface area contributed by atoms with E-state index in [0.29, 0.717) is 10.6 Å². The lowest BCUT2D eigenvalue weighted by atomic mass is 10.1. The average Bonchev–Trinajstić information content (AvgIpc) is 2.89. The summed E-state index contributed by atoms with van der Waals surface area (Å²) in [5.41, 5.74) is 1.24. The highest BCUT2D eigenvalue weighted by molar-refractivity contribution is 7.91. The molecule has 1 atom stereocenters. The van der Waals surface area contributed by atoms with Crippen molar-refractivity contribution in [3.63, 3.8) is 0 Å². The van der Waals surface area contributed by atoms with Crippen LogP contribution in [-0.4, -0.2) is 30.8 Å². The summed E-state index contributed by atoms with van der Waals surface area (Å²) in [5, 5.41) is 9.66. The Morgan fingerprint density at radius 1 is 1.30 bits per heavy atom. The van der Waals surface area contributed by atoms with Gasteiger partial charge in [-0.1, -0.05) is 23.7 Å². The third kappa shape index (κ3) is 3.58. The monoisotopic (exact) mass is 373 g/mol. The SMILES string of the molecule is Cc1cc(S(=O)(=O)N(C)C(C)c2ccc(Cl)cc2)sc1C(=O)O. The first-order valence-corrected chi connectivity index (χ1v) is 9.35. The van der Waals surface area contributed by atoms with Crippen molar-refractivity contribution in [3.8, 4) is 0 Å². The molecule has 0 spiro atoms. The molecular weight excluding hydrogens is 358 g/mol. The molecule has 0 radical (unpaired) electrons. The van der Waals surface area contributed by atoms with Gasteiger partial charge in [0.2, 0.25) is 0 Å². The van der Waals surface area contributed by atoms with Crippen molar-refractivity contribution in [1.29, 1.82) is 0 Å². The average molecular weight is 374 g/mol. The van der Waals surface area contributed by atoms with E-state index < -0.39 is 22.0 Å². The van der Waals surface area contributed by atoms with Crippen LogP contribution in [0.3, 0.4) is 0 Å². The Balaban J connectivity index is 2.36. The minimum Gasteiger partial charge on any atom is -0.477 e. The van der Waals surface area contributed by atoms with Crippen molar-refractivity contribution in [2.75, 3.05) is 7.05 Å². The summed E-state index contributed by atoms with van der Waals surface area (Å²) >= 11 is 6.61. The number of benzene rings is 1. The maximum atomic E-state index is 12.7. The van der Waals surface area contributed by atoms with E-state index in [-0.39, 0.29) is 9.09 Å². The maximum absolute atomic E-state index is 12.7. The molecule has 0 bridgehead atoms. The Hall–Kier alpha value is -1.41. The van der Waals surface area contributed by atoms with Crippen molar-refractivity contribution < 1.29 is 18.3 Å². The lowest BCUT2D eigenvalue weighted by molar-refractivity contribution is 0.0701. The number of carbonyl (C=O) groups is 1. The standard InChI is InChI=1S/C15H16ClNO4S2/c1-9-8-13(22-14(9)15(18)19)23(20,21)17(3)10(2)11-4-6-12(16)7-5-11/h4-8,10H,1-3H3,(H,18,19). The van der Waals surface area contributed by atoms with Crippen LogP contribution in [-0.2, 0) is 10.0 Å². The Bertz CT molecular complexity index is 828. The molecule has 1 N–H and O–H groups in total. The molecule has 0 aliphatic carbocycles. The predicted octanol–water partition coefficient (Wildman–Crippen LogP) is 3.79. The second-order valence-electron chi connectivity index (χ2n) is 5.13. The highest BCUT2D eigenvalue weighted by atomic mass is 35.5. The number of halogens is 1. The fourth-order valence-electron chi connectivity index (χ4n) is 2.09. The summed E-state index contributed by atoms with van der Waals surface area (Å²) in [6, 6.07) is 7.92. The van der Waals surface area contributed by atoms with E-state index in [4.69, 9.17) is 16.7 Å². The number of sulfonamides is 1. The number of carboxylic acid groups (broad SMARTS) is 1. The van der Waals surface area contributed by atoms with Gasteiger partial charge in [-0.3, -0.25) is 0 Å². The number of hydrogen-bond donors (Lipinski definition) is 1. The Morgan fingerprint density at radius 3 is 2.35 bits per heavy atom. The van der Waals surface area contributed by atoms with Crippen molar-refractivity contribution >= 4 is 38.9 Å². The van der Waals surface area contributed by atoms with E-state index in [1.807, 2.05) is 0 Å². The van der Waals surface area contributed by atoms with E-state index in [0.717, 1.165) is 16.9 Å². The van der Waals surface area contributed by atoms with E-state index in [9.17, 15) is 13.2 Å². The number of hydrogen-bond acceptors (Lipinski definition) is 4. The van der Waals surface area contributed by atoms with Gasteiger partial charge in [0, 0.05) is 18.1 Å². The van der Waals surface area contributed by atoms with Crippen LogP contribution in [0.5, 0.6) is 0 Å². The van der Waals surface area contributed by atoms with Crippen LogP contribution in [0.2, 0.25) is 5.02 Å². The molecule has 2 aromatic rings. The lowest BCUT2D eigenvalue weighted by Crippen LogP contribution is -2.29. The van der Waals surface area contributed by atoms with Gasteiger partial charge in [-0.2, -0.15) is 4.31 Å². The number of rotatable bonds is 5. The van der Waals surface area contributed by atoms with Crippen LogP contribution in [0.15, 0.2) is 34.5 Å². The smallest absolute Gasteiger partial charge is 0.346 e. The largest absolute Gasteiger partial charge is 0.477 e. The summed E-state index contributed by atoms with van der Waals surface area (Å²) in [7, 11) is -2.30. The zero-order chi connectivity index (χ0) is 17.4. The molecule has 5 nitrogen and oxygen atoms in total. The summed E-state index contributed by atoms with van der Waals surface area (Å²) in [6.07, 6.45) is 0. The second-order valence-corrected chi connectivity index (χ2v) is 8.84. The highest BCUT2D eigenvalue weighted by Crippen LogP contribution is 2.32. The molecule has 1 aromatic carbocycles. The first-order valence-electron chi connectivity index (χ1n) is 6.72. The van der Waals surface area contributed by atoms with Gasteiger partial charge in [-0.05, 0) is 43.2 Å². The van der Waals surface area contributed by atoms with Gasteiger partial charge in [0.25, 0.3) is 10.0 Å². The number of aryl methyl sites for hydroxylation is 1. The lowest BCUT2D eigenvalue weighted by Gasteiger charge is -2.24. The van der Waals surface area contributed by atoms with Gasteiger partial charge in [0.05, 0.1) is 0 Å². The molecular formula is C15H16ClNO4S2. The molecule has 124 valence electrons. The van der Waals surface area contributed by atoms with Gasteiger partial charge in [0.15, 0.2) is 0 Å². The molecule has 2 rings (SSSR count). The number of nitrogens with zero attached hydrogens (tertiary/aromatic N) is 1. The molecule has 1 aromatic heterocycles. The third-order valence-corrected chi connectivity index (χ3v) is 7.48. The van der Waals surface area contributed by atoms with E-state index >= 15 is 0 Å². The van der Waals surface area contributed by atoms with Gasteiger partial charge < -0.3 is 5.11 Å². The molecule has 1 unspecified atom stereocenters. The van der Waals surface area contributed by atoms with Crippen LogP contribution in [0.4, 0.5) is 0 Å². The molecule has 0 fully saturated rings. The van der Waals surface area contributed by atoms with E-state index in [2.05, 4.69) is 0 Å². The fraction of sp³-hybridized carbons (Fsp3) is 0.267. The molecule has 8 heteroatoms. The minimum absolute atomic E-state index is 0.0238. The van der Waals surface area contributed by atoms with Crippen molar-refractivity contribution in [2.45, 2.75) is 24.1 Å². The number of aromatic carboxylic acids is 1. The van der Waals surface area contributed by atoms with E-state index in [1.54, 1.807) is 38.1 Å². The van der Waals surface area contributed by atoms with Gasteiger partial charge in [0.1, 0.15) is 9.09 Å². The molecule has 0 saturated carbocycles. The highest BCUT2D eigenvalue weighted by Gasteiger charge is 2.29. The summed E-state index contributed by atoms with van der Waals surface area (Å²) < 4.78 is 26.7. The summed E-state index contributed by atoms with van der Waals surface area (Å²) in [6.45, 7) is 3.35. The Morgan fingerprint density at radius 2 is 1.87 bits per heavy atom. The number of thiophene rings is 1. The molecule has 0 saturated heterocycles. The summed E-state index contributed by atoms with van der Waals surface area (Å²) in [4.78, 5) is 11.1. The quantitative estimate of drug-likeness (QED) is 0.865. The van der Waals surface area contributed by atoms with Crippen molar-refractivity contribution in [3.05, 3.63) is 51.4 Å². The molecule has 0 aliphatic heterocycles. The topological polar surface area (TPSA) is 74.7 Å². The van der Waals surface area contributed by atoms with Gasteiger partial charge >= 0.3 is 5.97 Å².